The minimum atomic E-state index is -0.0988. The van der Waals surface area contributed by atoms with Crippen molar-refractivity contribution < 1.29 is 5.11 Å². The molecule has 1 heterocycles. The number of rotatable bonds is 4. The molecule has 2 aromatic rings. The molecule has 4 nitrogen and oxygen atoms in total. The van der Waals surface area contributed by atoms with Crippen LogP contribution in [0.5, 0.6) is 5.75 Å². The molecule has 100 valence electrons. The van der Waals surface area contributed by atoms with Crippen LogP contribution in [0, 0.1) is 0 Å². The molecule has 0 saturated heterocycles. The van der Waals surface area contributed by atoms with Crippen LogP contribution in [0.1, 0.15) is 31.1 Å². The van der Waals surface area contributed by atoms with E-state index in [1.807, 2.05) is 26.0 Å². The van der Waals surface area contributed by atoms with Crippen molar-refractivity contribution >= 4 is 17.4 Å². The molecule has 1 aromatic heterocycles. The number of para-hydroxylation sites is 1. The van der Waals surface area contributed by atoms with Crippen LogP contribution in [0.25, 0.3) is 0 Å². The summed E-state index contributed by atoms with van der Waals surface area (Å²) < 4.78 is 0. The fraction of sp³-hybridized carbons (Fsp3) is 0.286. The molecule has 0 amide bonds. The molecule has 0 spiro atoms. The molecule has 0 fully saturated rings. The van der Waals surface area contributed by atoms with Crippen molar-refractivity contribution in [1.82, 2.24) is 9.97 Å². The van der Waals surface area contributed by atoms with Crippen LogP contribution in [-0.4, -0.2) is 15.1 Å². The lowest BCUT2D eigenvalue weighted by molar-refractivity contribution is 0.465. The molecule has 0 aliphatic rings. The average molecular weight is 278 g/mol. The van der Waals surface area contributed by atoms with Crippen LogP contribution in [0.2, 0.25) is 5.02 Å². The summed E-state index contributed by atoms with van der Waals surface area (Å²) in [5.41, 5.74) is 1.61. The second-order valence-corrected chi connectivity index (χ2v) is 4.64. The van der Waals surface area contributed by atoms with Crippen molar-refractivity contribution in [2.75, 3.05) is 5.32 Å². The number of phenolic OH excluding ortho intramolecular Hbond substituents is 1. The van der Waals surface area contributed by atoms with Crippen LogP contribution in [-0.2, 0) is 6.42 Å². The molecular formula is C14H16ClN3O. The molecule has 0 aliphatic carbocycles. The highest BCUT2D eigenvalue weighted by Crippen LogP contribution is 2.29. The number of hydrogen-bond donors (Lipinski definition) is 2. The highest BCUT2D eigenvalue weighted by atomic mass is 35.5. The van der Waals surface area contributed by atoms with Gasteiger partial charge in [0, 0.05) is 5.56 Å². The van der Waals surface area contributed by atoms with Gasteiger partial charge in [-0.3, -0.25) is 0 Å². The summed E-state index contributed by atoms with van der Waals surface area (Å²) in [7, 11) is 0. The fourth-order valence-electron chi connectivity index (χ4n) is 1.89. The van der Waals surface area contributed by atoms with Gasteiger partial charge in [0.25, 0.3) is 0 Å². The second kappa shape index (κ2) is 5.89. The van der Waals surface area contributed by atoms with Crippen LogP contribution in [0.3, 0.4) is 0 Å². The van der Waals surface area contributed by atoms with Crippen molar-refractivity contribution in [1.29, 1.82) is 0 Å². The first-order chi connectivity index (χ1) is 9.13. The second-order valence-electron chi connectivity index (χ2n) is 4.26. The Balaban J connectivity index is 2.24. The SMILES string of the molecule is CCc1ncnc(N[C@H](C)c2ccccc2O)c1Cl. The third kappa shape index (κ3) is 2.96. The number of benzene rings is 1. The predicted molar refractivity (Wildman–Crippen MR) is 76.6 cm³/mol. The highest BCUT2D eigenvalue weighted by molar-refractivity contribution is 6.33. The van der Waals surface area contributed by atoms with Gasteiger partial charge in [0.2, 0.25) is 0 Å². The molecule has 1 aromatic carbocycles. The van der Waals surface area contributed by atoms with Crippen molar-refractivity contribution in [3.8, 4) is 5.75 Å². The Bertz CT molecular complexity index is 574. The zero-order valence-electron chi connectivity index (χ0n) is 10.9. The Hall–Kier alpha value is -1.81. The van der Waals surface area contributed by atoms with Gasteiger partial charge in [-0.25, -0.2) is 9.97 Å². The molecule has 0 aliphatic heterocycles. The third-order valence-electron chi connectivity index (χ3n) is 2.95. The van der Waals surface area contributed by atoms with Crippen LogP contribution in [0.15, 0.2) is 30.6 Å². The van der Waals surface area contributed by atoms with Gasteiger partial charge in [-0.15, -0.1) is 0 Å². The Morgan fingerprint density at radius 3 is 2.74 bits per heavy atom. The van der Waals surface area contributed by atoms with Gasteiger partial charge < -0.3 is 10.4 Å². The molecule has 19 heavy (non-hydrogen) atoms. The lowest BCUT2D eigenvalue weighted by atomic mass is 10.1. The normalized spacial score (nSPS) is 12.2. The largest absolute Gasteiger partial charge is 0.508 e. The first-order valence-electron chi connectivity index (χ1n) is 6.17. The van der Waals surface area contributed by atoms with E-state index >= 15 is 0 Å². The van der Waals surface area contributed by atoms with E-state index in [-0.39, 0.29) is 11.8 Å². The first-order valence-corrected chi connectivity index (χ1v) is 6.55. The lowest BCUT2D eigenvalue weighted by Crippen LogP contribution is -2.09. The van der Waals surface area contributed by atoms with Crippen molar-refractivity contribution in [3.05, 3.63) is 46.9 Å². The molecule has 2 N–H and O–H groups in total. The van der Waals surface area contributed by atoms with E-state index < -0.39 is 0 Å². The Labute approximate surface area is 117 Å². The average Bonchev–Trinajstić information content (AvgIpc) is 2.41. The summed E-state index contributed by atoms with van der Waals surface area (Å²) in [6, 6.07) is 7.10. The van der Waals surface area contributed by atoms with Gasteiger partial charge in [0.1, 0.15) is 22.9 Å². The maximum atomic E-state index is 9.82. The Morgan fingerprint density at radius 2 is 2.05 bits per heavy atom. The zero-order valence-corrected chi connectivity index (χ0v) is 11.6. The zero-order chi connectivity index (χ0) is 13.8. The summed E-state index contributed by atoms with van der Waals surface area (Å²) >= 11 is 6.23. The fourth-order valence-corrected chi connectivity index (χ4v) is 2.18. The molecule has 0 unspecified atom stereocenters. The monoisotopic (exact) mass is 277 g/mol. The molecule has 5 heteroatoms. The number of phenols is 1. The summed E-state index contributed by atoms with van der Waals surface area (Å²) in [6.45, 7) is 3.93. The summed E-state index contributed by atoms with van der Waals surface area (Å²) in [5, 5.41) is 13.6. The van der Waals surface area contributed by atoms with Crippen molar-refractivity contribution in [2.24, 2.45) is 0 Å². The van der Waals surface area contributed by atoms with Crippen LogP contribution < -0.4 is 5.32 Å². The van der Waals surface area contributed by atoms with E-state index in [1.54, 1.807) is 12.1 Å². The van der Waals surface area contributed by atoms with Gasteiger partial charge in [0.15, 0.2) is 0 Å². The maximum absolute atomic E-state index is 9.82. The van der Waals surface area contributed by atoms with E-state index in [2.05, 4.69) is 15.3 Å². The highest BCUT2D eigenvalue weighted by Gasteiger charge is 2.13. The van der Waals surface area contributed by atoms with E-state index in [0.717, 1.165) is 17.7 Å². The van der Waals surface area contributed by atoms with Gasteiger partial charge in [-0.05, 0) is 19.4 Å². The number of halogens is 1. The number of nitrogens with one attached hydrogen (secondary N) is 1. The minimum absolute atomic E-state index is 0.0988. The van der Waals surface area contributed by atoms with Gasteiger partial charge in [-0.1, -0.05) is 36.7 Å². The first kappa shape index (κ1) is 13.6. The van der Waals surface area contributed by atoms with Gasteiger partial charge in [0.05, 0.1) is 11.7 Å². The van der Waals surface area contributed by atoms with E-state index in [0.29, 0.717) is 10.8 Å². The molecule has 0 bridgehead atoms. The summed E-state index contributed by atoms with van der Waals surface area (Å²) in [4.78, 5) is 8.27. The molecule has 0 saturated carbocycles. The summed E-state index contributed by atoms with van der Waals surface area (Å²) in [5.74, 6) is 0.840. The van der Waals surface area contributed by atoms with Crippen LogP contribution in [0.4, 0.5) is 5.82 Å². The maximum Gasteiger partial charge on any atom is 0.148 e. The van der Waals surface area contributed by atoms with E-state index in [4.69, 9.17) is 11.6 Å². The lowest BCUT2D eigenvalue weighted by Gasteiger charge is -2.17. The van der Waals surface area contributed by atoms with Crippen LogP contribution >= 0.6 is 11.6 Å². The van der Waals surface area contributed by atoms with E-state index in [9.17, 15) is 5.11 Å². The molecule has 2 rings (SSSR count). The summed E-state index contributed by atoms with van der Waals surface area (Å²) in [6.07, 6.45) is 2.24. The number of hydrogen-bond acceptors (Lipinski definition) is 4. The number of nitrogens with zero attached hydrogens (tertiary/aromatic N) is 2. The number of aryl methyl sites for hydroxylation is 1. The molecular weight excluding hydrogens is 262 g/mol. The number of anilines is 1. The standard InChI is InChI=1S/C14H16ClN3O/c1-3-11-13(15)14(17-8-16-11)18-9(2)10-6-4-5-7-12(10)19/h4-9,19H,3H2,1-2H3,(H,16,17,18)/t9-/m1/s1. The van der Waals surface area contributed by atoms with Gasteiger partial charge >= 0.3 is 0 Å². The van der Waals surface area contributed by atoms with Crippen molar-refractivity contribution in [2.45, 2.75) is 26.3 Å². The Kier molecular flexibility index (Phi) is 4.22. The Morgan fingerprint density at radius 1 is 1.32 bits per heavy atom. The minimum Gasteiger partial charge on any atom is -0.508 e. The van der Waals surface area contributed by atoms with Crippen molar-refractivity contribution in [3.63, 3.8) is 0 Å². The topological polar surface area (TPSA) is 58.0 Å². The van der Waals surface area contributed by atoms with Gasteiger partial charge in [-0.2, -0.15) is 0 Å². The third-order valence-corrected chi connectivity index (χ3v) is 3.35. The van der Waals surface area contributed by atoms with E-state index in [1.165, 1.54) is 6.33 Å². The predicted octanol–water partition coefficient (Wildman–Crippen LogP) is 3.57. The number of aromatic nitrogens is 2. The smallest absolute Gasteiger partial charge is 0.148 e. The molecule has 0 radical (unpaired) electrons. The molecule has 1 atom stereocenters. The quantitative estimate of drug-likeness (QED) is 0.897. The number of aromatic hydroxyl groups is 1.